The lowest BCUT2D eigenvalue weighted by Gasteiger charge is -2.15. The second kappa shape index (κ2) is 8.05. The van der Waals surface area contributed by atoms with Gasteiger partial charge in [0.25, 0.3) is 0 Å². The van der Waals surface area contributed by atoms with Gasteiger partial charge in [0.15, 0.2) is 0 Å². The fraction of sp³-hybridized carbons (Fsp3) is 0. The third-order valence-electron chi connectivity index (χ3n) is 8.37. The number of benzene rings is 6. The lowest BCUT2D eigenvalue weighted by atomic mass is 10.00. The van der Waals surface area contributed by atoms with Crippen molar-refractivity contribution in [3.05, 3.63) is 140 Å². The fourth-order valence-corrected chi connectivity index (χ4v) is 6.73. The molecule has 3 heteroatoms. The van der Waals surface area contributed by atoms with E-state index in [0.717, 1.165) is 16.6 Å². The van der Waals surface area contributed by atoms with Gasteiger partial charge in [0.05, 0.1) is 27.8 Å². The molecule has 0 amide bonds. The topological polar surface area (TPSA) is 22.8 Å². The van der Waals surface area contributed by atoms with Crippen LogP contribution < -0.4 is 0 Å². The molecule has 3 aromatic heterocycles. The maximum absolute atomic E-state index is 4.56. The molecule has 0 saturated heterocycles. The highest BCUT2D eigenvalue weighted by atomic mass is 15.0. The minimum absolute atomic E-state index is 1.16. The number of aromatic nitrogens is 3. The van der Waals surface area contributed by atoms with E-state index in [4.69, 9.17) is 0 Å². The molecule has 186 valence electrons. The van der Waals surface area contributed by atoms with Crippen molar-refractivity contribution in [3.8, 4) is 11.4 Å². The van der Waals surface area contributed by atoms with Gasteiger partial charge in [-0.2, -0.15) is 0 Å². The zero-order chi connectivity index (χ0) is 26.2. The van der Waals surface area contributed by atoms with Gasteiger partial charge in [-0.15, -0.1) is 0 Å². The van der Waals surface area contributed by atoms with Crippen molar-refractivity contribution in [1.82, 2.24) is 14.1 Å². The monoisotopic (exact) mass is 509 g/mol. The summed E-state index contributed by atoms with van der Waals surface area (Å²) in [6, 6.07) is 46.0. The minimum atomic E-state index is 1.16. The first-order valence-electron chi connectivity index (χ1n) is 13.6. The van der Waals surface area contributed by atoms with Gasteiger partial charge in [0, 0.05) is 45.0 Å². The van der Waals surface area contributed by atoms with Crippen molar-refractivity contribution < 1.29 is 0 Å². The highest BCUT2D eigenvalue weighted by Crippen LogP contribution is 2.43. The molecule has 9 rings (SSSR count). The Labute approximate surface area is 230 Å². The summed E-state index contributed by atoms with van der Waals surface area (Å²) in [5, 5.41) is 9.88. The van der Waals surface area contributed by atoms with E-state index in [-0.39, 0.29) is 0 Å². The van der Waals surface area contributed by atoms with Crippen molar-refractivity contribution in [1.29, 1.82) is 0 Å². The highest BCUT2D eigenvalue weighted by Gasteiger charge is 2.22. The summed E-state index contributed by atoms with van der Waals surface area (Å²) in [4.78, 5) is 4.56. The average Bonchev–Trinajstić information content (AvgIpc) is 3.54. The summed E-state index contributed by atoms with van der Waals surface area (Å²) in [6.45, 7) is 0. The zero-order valence-electron chi connectivity index (χ0n) is 21.6. The molecule has 0 saturated carbocycles. The van der Waals surface area contributed by atoms with Gasteiger partial charge < -0.3 is 9.13 Å². The van der Waals surface area contributed by atoms with Crippen molar-refractivity contribution in [2.75, 3.05) is 0 Å². The number of rotatable bonds is 2. The van der Waals surface area contributed by atoms with E-state index in [1.54, 1.807) is 0 Å². The van der Waals surface area contributed by atoms with E-state index in [1.165, 1.54) is 59.9 Å². The summed E-state index contributed by atoms with van der Waals surface area (Å²) in [6.07, 6.45) is 3.92. The summed E-state index contributed by atoms with van der Waals surface area (Å²) < 4.78 is 4.87. The smallest absolute Gasteiger partial charge is 0.0642 e. The van der Waals surface area contributed by atoms with Crippen LogP contribution in [0.4, 0.5) is 0 Å². The van der Waals surface area contributed by atoms with E-state index in [1.807, 2.05) is 12.4 Å². The van der Waals surface area contributed by atoms with Crippen molar-refractivity contribution in [2.24, 2.45) is 0 Å². The third-order valence-corrected chi connectivity index (χ3v) is 8.37. The van der Waals surface area contributed by atoms with Gasteiger partial charge in [-0.25, -0.2) is 0 Å². The van der Waals surface area contributed by atoms with E-state index in [2.05, 4.69) is 142 Å². The Kier molecular flexibility index (Phi) is 4.33. The van der Waals surface area contributed by atoms with E-state index < -0.39 is 0 Å². The number of fused-ring (bicyclic) bond motifs is 10. The maximum Gasteiger partial charge on any atom is 0.0642 e. The van der Waals surface area contributed by atoms with Gasteiger partial charge in [0.2, 0.25) is 0 Å². The summed E-state index contributed by atoms with van der Waals surface area (Å²) >= 11 is 0. The molecule has 40 heavy (non-hydrogen) atoms. The van der Waals surface area contributed by atoms with E-state index in [9.17, 15) is 0 Å². The van der Waals surface area contributed by atoms with Gasteiger partial charge in [0.1, 0.15) is 0 Å². The van der Waals surface area contributed by atoms with Crippen LogP contribution in [0.15, 0.2) is 140 Å². The number of pyridine rings is 1. The standard InChI is InChI=1S/C37H23N3/c1-2-11-25(12-3-1)39-32-17-9-8-16-30(32)36-34(39)19-18-29-31-23-38-21-20-33(31)40(37(29)36)35-22-24-10-4-5-13-26(24)27-14-6-7-15-28(27)35/h1-23H. The Hall–Kier alpha value is -5.41. The Morgan fingerprint density at radius 1 is 0.450 bits per heavy atom. The first-order valence-corrected chi connectivity index (χ1v) is 13.6. The zero-order valence-corrected chi connectivity index (χ0v) is 21.6. The van der Waals surface area contributed by atoms with Crippen molar-refractivity contribution >= 4 is 65.2 Å². The predicted molar refractivity (Wildman–Crippen MR) is 168 cm³/mol. The van der Waals surface area contributed by atoms with Gasteiger partial charge in [-0.1, -0.05) is 91.0 Å². The van der Waals surface area contributed by atoms with Crippen molar-refractivity contribution in [3.63, 3.8) is 0 Å². The van der Waals surface area contributed by atoms with Gasteiger partial charge >= 0.3 is 0 Å². The minimum Gasteiger partial charge on any atom is -0.309 e. The molecule has 3 nitrogen and oxygen atoms in total. The van der Waals surface area contributed by atoms with Crippen molar-refractivity contribution in [2.45, 2.75) is 0 Å². The Balaban J connectivity index is 1.56. The highest BCUT2D eigenvalue weighted by molar-refractivity contribution is 6.26. The Morgan fingerprint density at radius 2 is 1.15 bits per heavy atom. The summed E-state index contributed by atoms with van der Waals surface area (Å²) in [5.41, 5.74) is 7.12. The molecule has 0 spiro atoms. The van der Waals surface area contributed by atoms with Gasteiger partial charge in [-0.3, -0.25) is 4.98 Å². The van der Waals surface area contributed by atoms with Crippen LogP contribution in [0, 0.1) is 0 Å². The molecule has 3 heterocycles. The normalized spacial score (nSPS) is 12.0. The molecule has 9 aromatic rings. The molecule has 0 atom stereocenters. The molecule has 0 aliphatic rings. The van der Waals surface area contributed by atoms with Crippen LogP contribution >= 0.6 is 0 Å². The average molecular weight is 510 g/mol. The fourth-order valence-electron chi connectivity index (χ4n) is 6.73. The largest absolute Gasteiger partial charge is 0.309 e. The Bertz CT molecular complexity index is 2430. The molecule has 6 aromatic carbocycles. The quantitative estimate of drug-likeness (QED) is 0.213. The maximum atomic E-state index is 4.56. The SMILES string of the molecule is c1ccc(-n2c3ccccc3c3c2ccc2c4cnccc4n(-c4cc5ccccc5c5ccccc45)c23)cc1. The van der Waals surface area contributed by atoms with Crippen LogP contribution in [-0.4, -0.2) is 14.1 Å². The molecular formula is C37H23N3. The lowest BCUT2D eigenvalue weighted by molar-refractivity contribution is 1.18. The molecular weight excluding hydrogens is 486 g/mol. The van der Waals surface area contributed by atoms with Gasteiger partial charge in [-0.05, 0) is 52.6 Å². The number of hydrogen-bond donors (Lipinski definition) is 0. The molecule has 0 radical (unpaired) electrons. The van der Waals surface area contributed by atoms with Crippen LogP contribution in [0.1, 0.15) is 0 Å². The first kappa shape index (κ1) is 21.5. The molecule has 0 unspecified atom stereocenters. The van der Waals surface area contributed by atoms with E-state index >= 15 is 0 Å². The molecule has 0 fully saturated rings. The second-order valence-electron chi connectivity index (χ2n) is 10.4. The first-order chi connectivity index (χ1) is 19.9. The summed E-state index contributed by atoms with van der Waals surface area (Å²) in [5.74, 6) is 0. The molecule has 0 bridgehead atoms. The number of nitrogens with zero attached hydrogens (tertiary/aromatic N) is 3. The lowest BCUT2D eigenvalue weighted by Crippen LogP contribution is -1.97. The molecule has 0 N–H and O–H groups in total. The van der Waals surface area contributed by atoms with Crippen LogP contribution in [-0.2, 0) is 0 Å². The van der Waals surface area contributed by atoms with Crippen LogP contribution in [0.5, 0.6) is 0 Å². The predicted octanol–water partition coefficient (Wildman–Crippen LogP) is 9.58. The second-order valence-corrected chi connectivity index (χ2v) is 10.4. The third kappa shape index (κ3) is 2.81. The Morgan fingerprint density at radius 3 is 2.02 bits per heavy atom. The number of para-hydroxylation sites is 2. The van der Waals surface area contributed by atoms with Crippen LogP contribution in [0.2, 0.25) is 0 Å². The number of hydrogen-bond acceptors (Lipinski definition) is 1. The molecule has 0 aliphatic carbocycles. The summed E-state index contributed by atoms with van der Waals surface area (Å²) in [7, 11) is 0. The van der Waals surface area contributed by atoms with Crippen LogP contribution in [0.25, 0.3) is 76.5 Å². The van der Waals surface area contributed by atoms with E-state index in [0.29, 0.717) is 0 Å². The van der Waals surface area contributed by atoms with Crippen LogP contribution in [0.3, 0.4) is 0 Å². The molecule has 0 aliphatic heterocycles.